The Morgan fingerprint density at radius 2 is 1.68 bits per heavy atom. The first kappa shape index (κ1) is 16.6. The van der Waals surface area contributed by atoms with E-state index < -0.39 is 0 Å². The lowest BCUT2D eigenvalue weighted by Crippen LogP contribution is -2.22. The summed E-state index contributed by atoms with van der Waals surface area (Å²) in [7, 11) is 3.07. The summed E-state index contributed by atoms with van der Waals surface area (Å²) in [5.41, 5.74) is 1.43. The van der Waals surface area contributed by atoms with Gasteiger partial charge in [0.05, 0.1) is 14.2 Å². The number of methoxy groups -OCH3 is 2. The molecule has 1 N–H and O–H groups in total. The molecule has 0 fully saturated rings. The van der Waals surface area contributed by atoms with Crippen LogP contribution in [0, 0.1) is 0 Å². The van der Waals surface area contributed by atoms with E-state index in [2.05, 4.69) is 21.2 Å². The molecule has 116 valence electrons. The predicted molar refractivity (Wildman–Crippen MR) is 89.9 cm³/mol. The Morgan fingerprint density at radius 3 is 2.18 bits per heavy atom. The van der Waals surface area contributed by atoms with Crippen molar-refractivity contribution in [2.45, 2.75) is 6.54 Å². The average molecular weight is 385 g/mol. The highest BCUT2D eigenvalue weighted by atomic mass is 79.9. The molecule has 6 heteroatoms. The summed E-state index contributed by atoms with van der Waals surface area (Å²) in [6.07, 6.45) is 0. The maximum absolute atomic E-state index is 12.3. The second kappa shape index (κ2) is 7.51. The molecule has 0 spiro atoms. The number of nitrogens with one attached hydrogen (secondary N) is 1. The van der Waals surface area contributed by atoms with E-state index in [9.17, 15) is 4.79 Å². The molecule has 0 aliphatic heterocycles. The molecule has 0 bridgehead atoms. The van der Waals surface area contributed by atoms with Gasteiger partial charge in [-0.1, -0.05) is 23.7 Å². The summed E-state index contributed by atoms with van der Waals surface area (Å²) < 4.78 is 11.1. The molecule has 22 heavy (non-hydrogen) atoms. The first-order valence-electron chi connectivity index (χ1n) is 6.49. The van der Waals surface area contributed by atoms with Gasteiger partial charge in [0.15, 0.2) is 0 Å². The smallest absolute Gasteiger partial charge is 0.251 e. The van der Waals surface area contributed by atoms with Crippen LogP contribution in [0.15, 0.2) is 40.9 Å². The van der Waals surface area contributed by atoms with Crippen LogP contribution in [0.1, 0.15) is 15.9 Å². The molecule has 0 aliphatic rings. The summed E-state index contributed by atoms with van der Waals surface area (Å²) in [6, 6.07) is 10.6. The van der Waals surface area contributed by atoms with Gasteiger partial charge in [0.2, 0.25) is 0 Å². The normalized spacial score (nSPS) is 10.2. The third kappa shape index (κ3) is 3.93. The molecule has 0 atom stereocenters. The number of carbonyl (C=O) groups excluding carboxylic acids is 1. The SMILES string of the molecule is COc1cc(C(=O)NCc2ccc(Cl)cc2)cc(OC)c1Br. The third-order valence-corrected chi connectivity index (χ3v) is 4.11. The molecule has 0 saturated carbocycles. The van der Waals surface area contributed by atoms with Crippen LogP contribution >= 0.6 is 27.5 Å². The second-order valence-electron chi connectivity index (χ2n) is 4.50. The zero-order chi connectivity index (χ0) is 16.1. The Hall–Kier alpha value is -1.72. The van der Waals surface area contributed by atoms with Crippen molar-refractivity contribution in [3.05, 3.63) is 57.0 Å². The van der Waals surface area contributed by atoms with Crippen LogP contribution in [0.4, 0.5) is 0 Å². The van der Waals surface area contributed by atoms with Crippen LogP contribution in [-0.2, 0) is 6.54 Å². The van der Waals surface area contributed by atoms with Crippen molar-refractivity contribution < 1.29 is 14.3 Å². The predicted octanol–water partition coefficient (Wildman–Crippen LogP) is 4.05. The summed E-state index contributed by atoms with van der Waals surface area (Å²) in [5.74, 6) is 0.867. The van der Waals surface area contributed by atoms with Crippen LogP contribution < -0.4 is 14.8 Å². The van der Waals surface area contributed by atoms with Gasteiger partial charge in [-0.15, -0.1) is 0 Å². The van der Waals surface area contributed by atoms with Gasteiger partial charge >= 0.3 is 0 Å². The van der Waals surface area contributed by atoms with Crippen molar-refractivity contribution in [3.63, 3.8) is 0 Å². The Labute approximate surface area is 142 Å². The number of amides is 1. The van der Waals surface area contributed by atoms with Crippen LogP contribution in [0.2, 0.25) is 5.02 Å². The summed E-state index contributed by atoms with van der Waals surface area (Å²) >= 11 is 9.21. The van der Waals surface area contributed by atoms with Gasteiger partial charge in [-0.05, 0) is 45.8 Å². The molecule has 0 heterocycles. The number of benzene rings is 2. The minimum absolute atomic E-state index is 0.209. The van der Waals surface area contributed by atoms with Crippen molar-refractivity contribution in [1.82, 2.24) is 5.32 Å². The quantitative estimate of drug-likeness (QED) is 0.846. The molecule has 0 saturated heterocycles. The Balaban J connectivity index is 2.13. The van der Waals surface area contributed by atoms with Crippen molar-refractivity contribution >= 4 is 33.4 Å². The lowest BCUT2D eigenvalue weighted by Gasteiger charge is -2.12. The molecule has 2 aromatic rings. The number of hydrogen-bond donors (Lipinski definition) is 1. The van der Waals surface area contributed by atoms with E-state index in [1.807, 2.05) is 12.1 Å². The molecular formula is C16H15BrClNO3. The summed E-state index contributed by atoms with van der Waals surface area (Å²) in [6.45, 7) is 0.413. The van der Waals surface area contributed by atoms with Gasteiger partial charge in [-0.2, -0.15) is 0 Å². The fourth-order valence-electron chi connectivity index (χ4n) is 1.89. The first-order valence-corrected chi connectivity index (χ1v) is 7.66. The fourth-order valence-corrected chi connectivity index (χ4v) is 2.57. The zero-order valence-corrected chi connectivity index (χ0v) is 14.5. The monoisotopic (exact) mass is 383 g/mol. The van der Waals surface area contributed by atoms with Crippen LogP contribution in [0.25, 0.3) is 0 Å². The average Bonchev–Trinajstić information content (AvgIpc) is 2.54. The lowest BCUT2D eigenvalue weighted by molar-refractivity contribution is 0.0950. The molecule has 0 unspecified atom stereocenters. The number of halogens is 2. The lowest BCUT2D eigenvalue weighted by atomic mass is 10.1. The number of carbonyl (C=O) groups is 1. The Kier molecular flexibility index (Phi) is 5.69. The van der Waals surface area contributed by atoms with Gasteiger partial charge in [-0.3, -0.25) is 4.79 Å². The van der Waals surface area contributed by atoms with Gasteiger partial charge in [0.1, 0.15) is 16.0 Å². The molecule has 0 aliphatic carbocycles. The largest absolute Gasteiger partial charge is 0.495 e. The van der Waals surface area contributed by atoms with Crippen LogP contribution in [0.5, 0.6) is 11.5 Å². The van der Waals surface area contributed by atoms with E-state index in [0.717, 1.165) is 5.56 Å². The van der Waals surface area contributed by atoms with Gasteiger partial charge < -0.3 is 14.8 Å². The molecule has 2 aromatic carbocycles. The summed E-state index contributed by atoms with van der Waals surface area (Å²) in [4.78, 5) is 12.3. The van der Waals surface area contributed by atoms with Gasteiger partial charge in [0.25, 0.3) is 5.91 Å². The van der Waals surface area contributed by atoms with Gasteiger partial charge in [0, 0.05) is 17.1 Å². The van der Waals surface area contributed by atoms with Crippen molar-refractivity contribution in [1.29, 1.82) is 0 Å². The Morgan fingerprint density at radius 1 is 1.14 bits per heavy atom. The van der Waals surface area contributed by atoms with E-state index in [4.69, 9.17) is 21.1 Å². The summed E-state index contributed by atoms with van der Waals surface area (Å²) in [5, 5.41) is 3.51. The minimum atomic E-state index is -0.209. The second-order valence-corrected chi connectivity index (χ2v) is 5.73. The number of rotatable bonds is 5. The highest BCUT2D eigenvalue weighted by molar-refractivity contribution is 9.10. The van der Waals surface area contributed by atoms with Crippen LogP contribution in [0.3, 0.4) is 0 Å². The molecule has 0 radical (unpaired) electrons. The molecule has 4 nitrogen and oxygen atoms in total. The van der Waals surface area contributed by atoms with Crippen molar-refractivity contribution in [2.75, 3.05) is 14.2 Å². The first-order chi connectivity index (χ1) is 10.5. The maximum atomic E-state index is 12.3. The van der Waals surface area contributed by atoms with Crippen LogP contribution in [-0.4, -0.2) is 20.1 Å². The number of ether oxygens (including phenoxy) is 2. The highest BCUT2D eigenvalue weighted by Crippen LogP contribution is 2.35. The van der Waals surface area contributed by atoms with Crippen molar-refractivity contribution in [2.24, 2.45) is 0 Å². The fraction of sp³-hybridized carbons (Fsp3) is 0.188. The maximum Gasteiger partial charge on any atom is 0.251 e. The molecule has 0 aromatic heterocycles. The van der Waals surface area contributed by atoms with E-state index >= 15 is 0 Å². The van der Waals surface area contributed by atoms with Gasteiger partial charge in [-0.25, -0.2) is 0 Å². The number of hydrogen-bond acceptors (Lipinski definition) is 3. The van der Waals surface area contributed by atoms with E-state index in [1.165, 1.54) is 14.2 Å². The van der Waals surface area contributed by atoms with E-state index in [-0.39, 0.29) is 5.91 Å². The molecular weight excluding hydrogens is 370 g/mol. The van der Waals surface area contributed by atoms with Crippen molar-refractivity contribution in [3.8, 4) is 11.5 Å². The minimum Gasteiger partial charge on any atom is -0.495 e. The standard InChI is InChI=1S/C16H15BrClNO3/c1-21-13-7-11(8-14(22-2)15(13)17)16(20)19-9-10-3-5-12(18)6-4-10/h3-8H,9H2,1-2H3,(H,19,20). The highest BCUT2D eigenvalue weighted by Gasteiger charge is 2.14. The molecule has 2 rings (SSSR count). The Bertz CT molecular complexity index is 649. The molecule has 1 amide bonds. The van der Waals surface area contributed by atoms with E-state index in [1.54, 1.807) is 24.3 Å². The third-order valence-electron chi connectivity index (χ3n) is 3.07. The zero-order valence-electron chi connectivity index (χ0n) is 12.2. The van der Waals surface area contributed by atoms with E-state index in [0.29, 0.717) is 33.1 Å². The topological polar surface area (TPSA) is 47.6 Å².